The van der Waals surface area contributed by atoms with Gasteiger partial charge in [-0.15, -0.1) is 0 Å². The zero-order valence-corrected chi connectivity index (χ0v) is 29.1. The van der Waals surface area contributed by atoms with Crippen LogP contribution in [0.15, 0.2) is 78.6 Å². The Balaban J connectivity index is 1.47. The van der Waals surface area contributed by atoms with Crippen LogP contribution in [0.4, 0.5) is 21.7 Å². The number of fused-ring (bicyclic) bond motifs is 1. The van der Waals surface area contributed by atoms with E-state index < -0.39 is 5.82 Å². The number of halogens is 2. The fraction of sp³-hybridized carbons (Fsp3) is 0.324. The van der Waals surface area contributed by atoms with Crippen LogP contribution in [0.2, 0.25) is 5.02 Å². The van der Waals surface area contributed by atoms with Crippen molar-refractivity contribution in [1.82, 2.24) is 24.8 Å². The van der Waals surface area contributed by atoms with Crippen LogP contribution in [0.3, 0.4) is 0 Å². The van der Waals surface area contributed by atoms with Crippen LogP contribution in [0.5, 0.6) is 5.75 Å². The number of methoxy groups -OCH3 is 1. The van der Waals surface area contributed by atoms with Crippen molar-refractivity contribution in [1.29, 1.82) is 0 Å². The number of ether oxygens (including phenoxy) is 1. The van der Waals surface area contributed by atoms with Crippen LogP contribution in [-0.2, 0) is 11.3 Å². The summed E-state index contributed by atoms with van der Waals surface area (Å²) in [4.78, 5) is 38.3. The number of amides is 1. The molecule has 49 heavy (non-hydrogen) atoms. The molecule has 254 valence electrons. The van der Waals surface area contributed by atoms with Gasteiger partial charge in [0.25, 0.3) is 0 Å². The molecule has 0 saturated carbocycles. The van der Waals surface area contributed by atoms with Gasteiger partial charge < -0.3 is 24.8 Å². The largest absolute Gasteiger partial charge is 0.497 e. The summed E-state index contributed by atoms with van der Waals surface area (Å²) in [6.45, 7) is 13.7. The number of rotatable bonds is 8. The van der Waals surface area contributed by atoms with Gasteiger partial charge in [0.1, 0.15) is 41.9 Å². The molecule has 2 atom stereocenters. The van der Waals surface area contributed by atoms with Gasteiger partial charge in [-0.2, -0.15) is 0 Å². The Morgan fingerprint density at radius 3 is 2.55 bits per heavy atom. The Hall–Kier alpha value is -5.03. The summed E-state index contributed by atoms with van der Waals surface area (Å²) in [5.41, 5.74) is 3.89. The highest BCUT2D eigenvalue weighted by atomic mass is 35.5. The lowest BCUT2D eigenvalue weighted by Crippen LogP contribution is -2.59. The quantitative estimate of drug-likeness (QED) is 0.198. The van der Waals surface area contributed by atoms with Crippen molar-refractivity contribution in [2.45, 2.75) is 52.2 Å². The van der Waals surface area contributed by atoms with Crippen molar-refractivity contribution >= 4 is 40.7 Å². The Morgan fingerprint density at radius 1 is 1.10 bits per heavy atom. The van der Waals surface area contributed by atoms with Crippen LogP contribution in [0.25, 0.3) is 11.3 Å². The van der Waals surface area contributed by atoms with Gasteiger partial charge in [0.15, 0.2) is 5.82 Å². The lowest BCUT2D eigenvalue weighted by molar-refractivity contribution is -0.130. The minimum Gasteiger partial charge on any atom is -0.497 e. The number of hydrogen-bond donors (Lipinski definition) is 1. The topological polar surface area (TPSA) is 99.1 Å². The SMILES string of the molecule is C=CC(=O)N1C[C@H](C)N(C2=NCN(c3c(NCc4ccc(OC)cc4)ncnc3C(C)C)c3nc(-c4ccccc4F)c(Cl)cc32)C[C@H]1C. The molecule has 2 aliphatic rings. The summed E-state index contributed by atoms with van der Waals surface area (Å²) in [6.07, 6.45) is 2.91. The predicted molar refractivity (Wildman–Crippen MR) is 192 cm³/mol. The van der Waals surface area contributed by atoms with Crippen molar-refractivity contribution in [3.8, 4) is 17.0 Å². The summed E-state index contributed by atoms with van der Waals surface area (Å²) < 4.78 is 20.5. The van der Waals surface area contributed by atoms with Crippen LogP contribution in [-0.4, -0.2) is 75.4 Å². The Bertz CT molecular complexity index is 1900. The van der Waals surface area contributed by atoms with Gasteiger partial charge in [0, 0.05) is 37.3 Å². The first-order valence-electron chi connectivity index (χ1n) is 16.3. The average molecular weight is 683 g/mol. The minimum absolute atomic E-state index is 0.0306. The standard InChI is InChI=1S/C37H40ClFN8O2/c1-7-31(48)45-18-24(5)46(19-23(45)4)36-28-16-29(38)33(27-10-8-9-11-30(27)39)44-37(28)47(21-43-36)34-32(22(2)3)41-20-42-35(34)40-17-25-12-14-26(49-6)15-13-25/h7-16,20,22-24H,1,17-19,21H2,2-6H3,(H,40,41,42)/t23-,24+/m1/s1. The second-order valence-corrected chi connectivity index (χ2v) is 13.0. The summed E-state index contributed by atoms with van der Waals surface area (Å²) in [5, 5.41) is 3.81. The third kappa shape index (κ3) is 6.67. The average Bonchev–Trinajstić information content (AvgIpc) is 3.11. The normalized spacial score (nSPS) is 17.5. The molecule has 2 aliphatic heterocycles. The maximum atomic E-state index is 15.2. The van der Waals surface area contributed by atoms with Crippen LogP contribution < -0.4 is 15.0 Å². The molecule has 0 unspecified atom stereocenters. The van der Waals surface area contributed by atoms with Gasteiger partial charge in [-0.3, -0.25) is 4.79 Å². The number of piperazine rings is 1. The maximum absolute atomic E-state index is 15.2. The molecule has 0 bridgehead atoms. The van der Waals surface area contributed by atoms with Gasteiger partial charge in [-0.1, -0.05) is 56.3 Å². The van der Waals surface area contributed by atoms with Gasteiger partial charge in [0.05, 0.1) is 29.1 Å². The molecule has 0 radical (unpaired) electrons. The molecule has 10 nitrogen and oxygen atoms in total. The number of aliphatic imine (C=N–C) groups is 1. The van der Waals surface area contributed by atoms with E-state index in [4.69, 9.17) is 31.3 Å². The molecule has 6 rings (SSSR count). The highest BCUT2D eigenvalue weighted by molar-refractivity contribution is 6.33. The fourth-order valence-corrected chi connectivity index (χ4v) is 6.64. The Morgan fingerprint density at radius 2 is 1.86 bits per heavy atom. The van der Waals surface area contributed by atoms with Crippen LogP contribution in [0.1, 0.15) is 50.4 Å². The molecule has 0 aliphatic carbocycles. The first kappa shape index (κ1) is 33.9. The molecular weight excluding hydrogens is 643 g/mol. The Labute approximate surface area is 291 Å². The summed E-state index contributed by atoms with van der Waals surface area (Å²) >= 11 is 6.94. The monoisotopic (exact) mass is 682 g/mol. The van der Waals surface area contributed by atoms with E-state index in [0.717, 1.165) is 22.7 Å². The summed E-state index contributed by atoms with van der Waals surface area (Å²) in [5.74, 6) is 2.16. The number of hydrogen-bond acceptors (Lipinski definition) is 9. The number of nitrogens with zero attached hydrogens (tertiary/aromatic N) is 7. The lowest BCUT2D eigenvalue weighted by Gasteiger charge is -2.46. The van der Waals surface area contributed by atoms with Gasteiger partial charge in [-0.25, -0.2) is 24.3 Å². The van der Waals surface area contributed by atoms with E-state index in [9.17, 15) is 4.79 Å². The number of benzene rings is 2. The van der Waals surface area contributed by atoms with E-state index in [0.29, 0.717) is 58.9 Å². The molecule has 2 aromatic heterocycles. The zero-order valence-electron chi connectivity index (χ0n) is 28.3. The molecule has 12 heteroatoms. The third-order valence-corrected chi connectivity index (χ3v) is 9.23. The first-order chi connectivity index (χ1) is 23.6. The number of aromatic nitrogens is 3. The minimum atomic E-state index is -0.425. The van der Waals surface area contributed by atoms with E-state index in [-0.39, 0.29) is 30.6 Å². The molecule has 2 aromatic carbocycles. The number of anilines is 3. The number of pyridine rings is 1. The van der Waals surface area contributed by atoms with E-state index in [1.165, 1.54) is 12.1 Å². The molecule has 4 aromatic rings. The third-order valence-electron chi connectivity index (χ3n) is 8.95. The van der Waals surface area contributed by atoms with Crippen molar-refractivity contribution in [3.63, 3.8) is 0 Å². The molecular formula is C37H40ClFN8O2. The van der Waals surface area contributed by atoms with Crippen molar-refractivity contribution in [2.24, 2.45) is 4.99 Å². The Kier molecular flexibility index (Phi) is 9.82. The number of carbonyl (C=O) groups is 1. The smallest absolute Gasteiger partial charge is 0.246 e. The first-order valence-corrected chi connectivity index (χ1v) is 16.7. The van der Waals surface area contributed by atoms with Crippen molar-refractivity contribution in [3.05, 3.63) is 101 Å². The van der Waals surface area contributed by atoms with Crippen molar-refractivity contribution < 1.29 is 13.9 Å². The highest BCUT2D eigenvalue weighted by Crippen LogP contribution is 2.42. The van der Waals surface area contributed by atoms with E-state index in [2.05, 4.69) is 42.6 Å². The van der Waals surface area contributed by atoms with E-state index in [1.54, 1.807) is 31.6 Å². The number of nitrogens with one attached hydrogen (secondary N) is 1. The molecule has 4 heterocycles. The number of amidine groups is 1. The zero-order chi connectivity index (χ0) is 34.8. The molecule has 0 spiro atoms. The number of carbonyl (C=O) groups excluding carboxylic acids is 1. The molecule has 1 saturated heterocycles. The van der Waals surface area contributed by atoms with E-state index >= 15 is 4.39 Å². The van der Waals surface area contributed by atoms with Gasteiger partial charge in [-0.05, 0) is 61.7 Å². The van der Waals surface area contributed by atoms with Crippen molar-refractivity contribution in [2.75, 3.05) is 37.1 Å². The molecule has 1 fully saturated rings. The van der Waals surface area contributed by atoms with Gasteiger partial charge >= 0.3 is 0 Å². The van der Waals surface area contributed by atoms with Crippen LogP contribution >= 0.6 is 11.6 Å². The van der Waals surface area contributed by atoms with E-state index in [1.807, 2.05) is 47.1 Å². The lowest BCUT2D eigenvalue weighted by atomic mass is 10.0. The predicted octanol–water partition coefficient (Wildman–Crippen LogP) is 7.04. The molecule has 1 amide bonds. The van der Waals surface area contributed by atoms with Crippen LogP contribution in [0, 0.1) is 5.82 Å². The van der Waals surface area contributed by atoms with Gasteiger partial charge in [0.2, 0.25) is 5.91 Å². The summed E-state index contributed by atoms with van der Waals surface area (Å²) in [7, 11) is 1.64. The molecule has 1 N–H and O–H groups in total. The maximum Gasteiger partial charge on any atom is 0.246 e. The second-order valence-electron chi connectivity index (χ2n) is 12.6. The summed E-state index contributed by atoms with van der Waals surface area (Å²) in [6, 6.07) is 16.0. The fourth-order valence-electron chi connectivity index (χ4n) is 6.39. The second kappa shape index (κ2) is 14.2. The highest BCUT2D eigenvalue weighted by Gasteiger charge is 2.37.